The standard InChI is InChI=1S/C13H11F3N2O3/c1-20-7-3-4-10(21-2)8(5-7)9-6-11(19)18-12(17-9)13(14,15)16/h3-6H,1-2H3,(H,17,18,19). The Labute approximate surface area is 117 Å². The van der Waals surface area contributed by atoms with Gasteiger partial charge in [0.2, 0.25) is 5.82 Å². The first kappa shape index (κ1) is 14.9. The second-order valence-electron chi connectivity index (χ2n) is 4.04. The Bertz CT molecular complexity index is 711. The topological polar surface area (TPSA) is 64.2 Å². The van der Waals surface area contributed by atoms with Crippen LogP contribution in [0.3, 0.4) is 0 Å². The number of benzene rings is 1. The molecule has 0 aliphatic carbocycles. The van der Waals surface area contributed by atoms with E-state index in [2.05, 4.69) is 4.98 Å². The molecular formula is C13H11F3N2O3. The molecule has 0 unspecified atom stereocenters. The Kier molecular flexibility index (Phi) is 3.88. The van der Waals surface area contributed by atoms with Gasteiger partial charge >= 0.3 is 6.18 Å². The smallest absolute Gasteiger partial charge is 0.449 e. The van der Waals surface area contributed by atoms with Crippen molar-refractivity contribution in [3.05, 3.63) is 40.4 Å². The molecule has 1 aromatic heterocycles. The monoisotopic (exact) mass is 300 g/mol. The molecular weight excluding hydrogens is 289 g/mol. The summed E-state index contributed by atoms with van der Waals surface area (Å²) in [6.45, 7) is 0. The van der Waals surface area contributed by atoms with Crippen LogP contribution in [0.2, 0.25) is 0 Å². The summed E-state index contributed by atoms with van der Waals surface area (Å²) in [5.74, 6) is -0.682. The fourth-order valence-electron chi connectivity index (χ4n) is 1.74. The van der Waals surface area contributed by atoms with Crippen molar-refractivity contribution in [1.29, 1.82) is 0 Å². The molecule has 1 heterocycles. The molecule has 0 radical (unpaired) electrons. The van der Waals surface area contributed by atoms with Crippen molar-refractivity contribution in [1.82, 2.24) is 9.97 Å². The van der Waals surface area contributed by atoms with Gasteiger partial charge in [-0.15, -0.1) is 0 Å². The molecule has 0 spiro atoms. The number of nitrogens with zero attached hydrogens (tertiary/aromatic N) is 1. The maximum absolute atomic E-state index is 12.7. The van der Waals surface area contributed by atoms with E-state index in [1.165, 1.54) is 26.4 Å². The third kappa shape index (κ3) is 3.15. The summed E-state index contributed by atoms with van der Waals surface area (Å²) < 4.78 is 48.2. The fraction of sp³-hybridized carbons (Fsp3) is 0.231. The van der Waals surface area contributed by atoms with Crippen LogP contribution in [-0.2, 0) is 6.18 Å². The molecule has 0 atom stereocenters. The third-order valence-electron chi connectivity index (χ3n) is 2.69. The average Bonchev–Trinajstić information content (AvgIpc) is 2.45. The Hall–Kier alpha value is -2.51. The predicted octanol–water partition coefficient (Wildman–Crippen LogP) is 2.47. The largest absolute Gasteiger partial charge is 0.497 e. The molecule has 0 saturated carbocycles. The lowest BCUT2D eigenvalue weighted by molar-refractivity contribution is -0.145. The highest BCUT2D eigenvalue weighted by atomic mass is 19.4. The number of methoxy groups -OCH3 is 2. The number of aromatic amines is 1. The highest BCUT2D eigenvalue weighted by molar-refractivity contribution is 5.68. The number of ether oxygens (including phenoxy) is 2. The van der Waals surface area contributed by atoms with Gasteiger partial charge in [-0.3, -0.25) is 4.79 Å². The zero-order valence-electron chi connectivity index (χ0n) is 11.1. The minimum absolute atomic E-state index is 0.151. The van der Waals surface area contributed by atoms with Crippen molar-refractivity contribution in [2.75, 3.05) is 14.2 Å². The molecule has 1 N–H and O–H groups in total. The van der Waals surface area contributed by atoms with Crippen LogP contribution in [0.4, 0.5) is 13.2 Å². The third-order valence-corrected chi connectivity index (χ3v) is 2.69. The predicted molar refractivity (Wildman–Crippen MR) is 68.4 cm³/mol. The molecule has 1 aromatic carbocycles. The van der Waals surface area contributed by atoms with Crippen molar-refractivity contribution < 1.29 is 22.6 Å². The average molecular weight is 300 g/mol. The highest BCUT2D eigenvalue weighted by Gasteiger charge is 2.34. The number of hydrogen-bond donors (Lipinski definition) is 1. The van der Waals surface area contributed by atoms with Crippen LogP contribution in [0.25, 0.3) is 11.3 Å². The zero-order chi connectivity index (χ0) is 15.6. The summed E-state index contributed by atoms with van der Waals surface area (Å²) in [6.07, 6.45) is -4.75. The molecule has 0 fully saturated rings. The number of nitrogens with one attached hydrogen (secondary N) is 1. The summed E-state index contributed by atoms with van der Waals surface area (Å²) in [5, 5.41) is 0. The van der Waals surface area contributed by atoms with E-state index < -0.39 is 17.6 Å². The van der Waals surface area contributed by atoms with Gasteiger partial charge in [0.15, 0.2) is 0 Å². The fourth-order valence-corrected chi connectivity index (χ4v) is 1.74. The van der Waals surface area contributed by atoms with Crippen LogP contribution in [0.1, 0.15) is 5.82 Å². The molecule has 21 heavy (non-hydrogen) atoms. The number of aromatic nitrogens is 2. The number of H-pyrrole nitrogens is 1. The quantitative estimate of drug-likeness (QED) is 0.945. The molecule has 2 aromatic rings. The lowest BCUT2D eigenvalue weighted by atomic mass is 10.1. The van der Waals surface area contributed by atoms with E-state index in [-0.39, 0.29) is 17.0 Å². The van der Waals surface area contributed by atoms with Gasteiger partial charge in [0.25, 0.3) is 5.56 Å². The molecule has 0 saturated heterocycles. The van der Waals surface area contributed by atoms with Gasteiger partial charge in [-0.25, -0.2) is 4.98 Å². The molecule has 0 aliphatic rings. The Balaban J connectivity index is 2.66. The number of halogens is 3. The summed E-state index contributed by atoms with van der Waals surface area (Å²) in [6, 6.07) is 5.51. The molecule has 112 valence electrons. The molecule has 0 amide bonds. The van der Waals surface area contributed by atoms with E-state index in [0.29, 0.717) is 5.75 Å². The lowest BCUT2D eigenvalue weighted by Crippen LogP contribution is -2.18. The first-order chi connectivity index (χ1) is 9.85. The second-order valence-corrected chi connectivity index (χ2v) is 4.04. The van der Waals surface area contributed by atoms with Crippen molar-refractivity contribution in [3.8, 4) is 22.8 Å². The number of hydrogen-bond acceptors (Lipinski definition) is 4. The van der Waals surface area contributed by atoms with Crippen molar-refractivity contribution in [2.45, 2.75) is 6.18 Å². The van der Waals surface area contributed by atoms with Crippen molar-refractivity contribution >= 4 is 0 Å². The van der Waals surface area contributed by atoms with Gasteiger partial charge in [-0.05, 0) is 18.2 Å². The Morgan fingerprint density at radius 2 is 1.86 bits per heavy atom. The normalized spacial score (nSPS) is 11.3. The van der Waals surface area contributed by atoms with Crippen molar-refractivity contribution in [3.63, 3.8) is 0 Å². The van der Waals surface area contributed by atoms with E-state index >= 15 is 0 Å². The SMILES string of the molecule is COc1ccc(OC)c(-c2cc(=O)[nH]c(C(F)(F)F)n2)c1. The number of alkyl halides is 3. The summed E-state index contributed by atoms with van der Waals surface area (Å²) >= 11 is 0. The van der Waals surface area contributed by atoms with Gasteiger partial charge in [-0.1, -0.05) is 0 Å². The van der Waals surface area contributed by atoms with E-state index in [4.69, 9.17) is 9.47 Å². The summed E-state index contributed by atoms with van der Waals surface area (Å²) in [4.78, 5) is 16.5. The van der Waals surface area contributed by atoms with Crippen LogP contribution in [0, 0.1) is 0 Å². The molecule has 2 rings (SSSR count). The lowest BCUT2D eigenvalue weighted by Gasteiger charge is -2.11. The maximum Gasteiger partial charge on any atom is 0.449 e. The Morgan fingerprint density at radius 3 is 2.43 bits per heavy atom. The minimum Gasteiger partial charge on any atom is -0.497 e. The van der Waals surface area contributed by atoms with Crippen LogP contribution in [0.15, 0.2) is 29.1 Å². The van der Waals surface area contributed by atoms with Crippen LogP contribution in [0.5, 0.6) is 11.5 Å². The summed E-state index contributed by atoms with van der Waals surface area (Å²) in [7, 11) is 2.78. The van der Waals surface area contributed by atoms with Crippen LogP contribution >= 0.6 is 0 Å². The summed E-state index contributed by atoms with van der Waals surface area (Å²) in [5.41, 5.74) is -0.826. The van der Waals surface area contributed by atoms with E-state index in [0.717, 1.165) is 6.07 Å². The molecule has 8 heteroatoms. The van der Waals surface area contributed by atoms with Gasteiger partial charge in [0.1, 0.15) is 11.5 Å². The minimum atomic E-state index is -4.75. The van der Waals surface area contributed by atoms with Gasteiger partial charge in [-0.2, -0.15) is 13.2 Å². The Morgan fingerprint density at radius 1 is 1.14 bits per heavy atom. The van der Waals surface area contributed by atoms with Gasteiger partial charge < -0.3 is 14.5 Å². The molecule has 0 bridgehead atoms. The molecule has 0 aliphatic heterocycles. The first-order valence-electron chi connectivity index (χ1n) is 5.76. The maximum atomic E-state index is 12.7. The highest BCUT2D eigenvalue weighted by Crippen LogP contribution is 2.33. The van der Waals surface area contributed by atoms with Crippen molar-refractivity contribution in [2.24, 2.45) is 0 Å². The van der Waals surface area contributed by atoms with E-state index in [9.17, 15) is 18.0 Å². The van der Waals surface area contributed by atoms with Crippen LogP contribution in [-0.4, -0.2) is 24.2 Å². The number of rotatable bonds is 3. The van der Waals surface area contributed by atoms with E-state index in [1.807, 2.05) is 0 Å². The zero-order valence-corrected chi connectivity index (χ0v) is 11.1. The van der Waals surface area contributed by atoms with Gasteiger partial charge in [0.05, 0.1) is 19.9 Å². The second kappa shape index (κ2) is 5.47. The van der Waals surface area contributed by atoms with Crippen LogP contribution < -0.4 is 15.0 Å². The van der Waals surface area contributed by atoms with E-state index in [1.54, 1.807) is 11.1 Å². The first-order valence-corrected chi connectivity index (χ1v) is 5.76. The molecule has 5 nitrogen and oxygen atoms in total. The van der Waals surface area contributed by atoms with Gasteiger partial charge in [0, 0.05) is 11.6 Å².